The number of hydrogen-bond donors (Lipinski definition) is 2. The molecule has 120 valence electrons. The van der Waals surface area contributed by atoms with E-state index in [4.69, 9.17) is 5.26 Å². The van der Waals surface area contributed by atoms with Gasteiger partial charge in [0.25, 0.3) is 5.91 Å². The summed E-state index contributed by atoms with van der Waals surface area (Å²) in [5, 5.41) is 14.5. The number of amides is 3. The molecule has 0 aromatic rings. The number of nitrogens with one attached hydrogen (secondary N) is 2. The SMILES string of the molecule is CC(=O)N1CCN(C(=O)/C(C#N)=C\NCCCNC=O)CC1. The number of nitriles is 1. The van der Waals surface area contributed by atoms with Gasteiger partial charge in [-0.25, -0.2) is 0 Å². The van der Waals surface area contributed by atoms with Crippen LogP contribution in [0.1, 0.15) is 13.3 Å². The molecule has 0 aromatic heterocycles. The minimum absolute atomic E-state index is 0.00579. The maximum atomic E-state index is 12.2. The Balaban J connectivity index is 2.43. The number of carbonyl (C=O) groups is 3. The van der Waals surface area contributed by atoms with Gasteiger partial charge in [0.05, 0.1) is 0 Å². The molecule has 0 bridgehead atoms. The van der Waals surface area contributed by atoms with Crippen LogP contribution >= 0.6 is 0 Å². The fourth-order valence-corrected chi connectivity index (χ4v) is 2.06. The van der Waals surface area contributed by atoms with Crippen molar-refractivity contribution in [2.75, 3.05) is 39.3 Å². The van der Waals surface area contributed by atoms with Gasteiger partial charge in [0.1, 0.15) is 11.6 Å². The Kier molecular flexibility index (Phi) is 7.47. The lowest BCUT2D eigenvalue weighted by Gasteiger charge is -2.34. The highest BCUT2D eigenvalue weighted by Gasteiger charge is 2.24. The van der Waals surface area contributed by atoms with Crippen molar-refractivity contribution in [1.82, 2.24) is 20.4 Å². The summed E-state index contributed by atoms with van der Waals surface area (Å²) >= 11 is 0. The number of carbonyl (C=O) groups excluding carboxylic acids is 3. The Bertz CT molecular complexity index is 475. The standard InChI is InChI=1S/C14H21N5O3/c1-12(21)18-5-7-19(8-6-18)14(22)13(9-15)10-16-3-2-4-17-11-20/h10-11,16H,2-8H2,1H3,(H,17,20)/b13-10-. The minimum atomic E-state index is -0.329. The first kappa shape index (κ1) is 17.5. The van der Waals surface area contributed by atoms with Crippen molar-refractivity contribution in [2.24, 2.45) is 0 Å². The Morgan fingerprint density at radius 2 is 1.73 bits per heavy atom. The highest BCUT2D eigenvalue weighted by molar-refractivity contribution is 5.97. The molecule has 0 saturated carbocycles. The zero-order chi connectivity index (χ0) is 16.4. The molecule has 2 N–H and O–H groups in total. The van der Waals surface area contributed by atoms with E-state index in [1.54, 1.807) is 9.80 Å². The molecule has 8 heteroatoms. The fraction of sp³-hybridized carbons (Fsp3) is 0.571. The van der Waals surface area contributed by atoms with E-state index >= 15 is 0 Å². The number of hydrogen-bond acceptors (Lipinski definition) is 5. The molecular formula is C14H21N5O3. The summed E-state index contributed by atoms with van der Waals surface area (Å²) in [4.78, 5) is 36.8. The second-order valence-electron chi connectivity index (χ2n) is 4.85. The predicted octanol–water partition coefficient (Wildman–Crippen LogP) is -1.19. The van der Waals surface area contributed by atoms with E-state index in [9.17, 15) is 14.4 Å². The molecular weight excluding hydrogens is 286 g/mol. The second kappa shape index (κ2) is 9.39. The summed E-state index contributed by atoms with van der Waals surface area (Å²) in [6.45, 7) is 4.43. The van der Waals surface area contributed by atoms with Crippen molar-refractivity contribution < 1.29 is 14.4 Å². The lowest BCUT2D eigenvalue weighted by Crippen LogP contribution is -2.50. The van der Waals surface area contributed by atoms with E-state index in [0.717, 1.165) is 0 Å². The molecule has 1 saturated heterocycles. The van der Waals surface area contributed by atoms with Gasteiger partial charge in [-0.2, -0.15) is 5.26 Å². The quantitative estimate of drug-likeness (QED) is 0.266. The van der Waals surface area contributed by atoms with Gasteiger partial charge in [0.15, 0.2) is 0 Å². The molecule has 3 amide bonds. The number of piperazine rings is 1. The number of nitrogens with zero attached hydrogens (tertiary/aromatic N) is 3. The summed E-state index contributed by atoms with van der Waals surface area (Å²) in [7, 11) is 0. The molecule has 1 aliphatic heterocycles. The first-order chi connectivity index (χ1) is 10.6. The first-order valence-corrected chi connectivity index (χ1v) is 7.15. The smallest absolute Gasteiger partial charge is 0.266 e. The van der Waals surface area contributed by atoms with Crippen LogP contribution in [0.2, 0.25) is 0 Å². The van der Waals surface area contributed by atoms with E-state index < -0.39 is 0 Å². The van der Waals surface area contributed by atoms with Gasteiger partial charge in [-0.05, 0) is 6.42 Å². The third-order valence-electron chi connectivity index (χ3n) is 3.34. The van der Waals surface area contributed by atoms with Crippen molar-refractivity contribution in [2.45, 2.75) is 13.3 Å². The van der Waals surface area contributed by atoms with Crippen LogP contribution in [-0.4, -0.2) is 67.3 Å². The fourth-order valence-electron chi connectivity index (χ4n) is 2.06. The van der Waals surface area contributed by atoms with Crippen LogP contribution in [0.15, 0.2) is 11.8 Å². The van der Waals surface area contributed by atoms with E-state index in [1.807, 2.05) is 6.07 Å². The van der Waals surface area contributed by atoms with Crippen LogP contribution in [-0.2, 0) is 14.4 Å². The first-order valence-electron chi connectivity index (χ1n) is 7.15. The van der Waals surface area contributed by atoms with E-state index in [0.29, 0.717) is 52.1 Å². The van der Waals surface area contributed by atoms with Crippen LogP contribution in [0.3, 0.4) is 0 Å². The third-order valence-corrected chi connectivity index (χ3v) is 3.34. The van der Waals surface area contributed by atoms with Crippen LogP contribution in [0.5, 0.6) is 0 Å². The van der Waals surface area contributed by atoms with Gasteiger partial charge in [-0.1, -0.05) is 0 Å². The lowest BCUT2D eigenvalue weighted by atomic mass is 10.2. The Labute approximate surface area is 129 Å². The van der Waals surface area contributed by atoms with E-state index in [-0.39, 0.29) is 17.4 Å². The summed E-state index contributed by atoms with van der Waals surface area (Å²) in [6.07, 6.45) is 2.72. The van der Waals surface area contributed by atoms with Crippen molar-refractivity contribution in [1.29, 1.82) is 5.26 Å². The zero-order valence-electron chi connectivity index (χ0n) is 12.7. The van der Waals surface area contributed by atoms with Gasteiger partial charge < -0.3 is 20.4 Å². The van der Waals surface area contributed by atoms with E-state index in [2.05, 4.69) is 10.6 Å². The van der Waals surface area contributed by atoms with Crippen LogP contribution in [0.4, 0.5) is 0 Å². The van der Waals surface area contributed by atoms with Gasteiger partial charge in [-0.15, -0.1) is 0 Å². The minimum Gasteiger partial charge on any atom is -0.390 e. The van der Waals surface area contributed by atoms with Gasteiger partial charge in [-0.3, -0.25) is 14.4 Å². The molecule has 1 heterocycles. The highest BCUT2D eigenvalue weighted by atomic mass is 16.2. The molecule has 22 heavy (non-hydrogen) atoms. The summed E-state index contributed by atoms with van der Waals surface area (Å²) in [5.74, 6) is -0.335. The molecule has 0 atom stereocenters. The predicted molar refractivity (Wildman–Crippen MR) is 79.2 cm³/mol. The van der Waals surface area contributed by atoms with Gasteiger partial charge >= 0.3 is 0 Å². The molecule has 1 aliphatic rings. The van der Waals surface area contributed by atoms with Crippen molar-refractivity contribution >= 4 is 18.2 Å². The summed E-state index contributed by atoms with van der Waals surface area (Å²) in [5.41, 5.74) is 0.0413. The molecule has 0 aromatic carbocycles. The Morgan fingerprint density at radius 1 is 1.14 bits per heavy atom. The van der Waals surface area contributed by atoms with Crippen LogP contribution in [0.25, 0.3) is 0 Å². The van der Waals surface area contributed by atoms with Gasteiger partial charge in [0, 0.05) is 52.4 Å². The largest absolute Gasteiger partial charge is 0.390 e. The van der Waals surface area contributed by atoms with Crippen molar-refractivity contribution in [3.8, 4) is 6.07 Å². The molecule has 0 spiro atoms. The molecule has 0 radical (unpaired) electrons. The molecule has 0 aliphatic carbocycles. The average molecular weight is 307 g/mol. The van der Waals surface area contributed by atoms with Crippen molar-refractivity contribution in [3.05, 3.63) is 11.8 Å². The maximum Gasteiger partial charge on any atom is 0.266 e. The average Bonchev–Trinajstić information content (AvgIpc) is 2.54. The highest BCUT2D eigenvalue weighted by Crippen LogP contribution is 2.06. The summed E-state index contributed by atoms with van der Waals surface area (Å²) in [6, 6.07) is 1.89. The van der Waals surface area contributed by atoms with Crippen LogP contribution in [0, 0.1) is 11.3 Å². The Morgan fingerprint density at radius 3 is 2.27 bits per heavy atom. The molecule has 1 fully saturated rings. The van der Waals surface area contributed by atoms with E-state index in [1.165, 1.54) is 13.1 Å². The second-order valence-corrected chi connectivity index (χ2v) is 4.85. The lowest BCUT2D eigenvalue weighted by molar-refractivity contribution is -0.136. The monoisotopic (exact) mass is 307 g/mol. The topological polar surface area (TPSA) is 106 Å². The third kappa shape index (κ3) is 5.44. The molecule has 8 nitrogen and oxygen atoms in total. The maximum absolute atomic E-state index is 12.2. The number of rotatable bonds is 7. The van der Waals surface area contributed by atoms with Crippen LogP contribution < -0.4 is 10.6 Å². The Hall–Kier alpha value is -2.56. The van der Waals surface area contributed by atoms with Crippen molar-refractivity contribution in [3.63, 3.8) is 0 Å². The summed E-state index contributed by atoms with van der Waals surface area (Å²) < 4.78 is 0. The molecule has 1 rings (SSSR count). The molecule has 0 unspecified atom stereocenters. The van der Waals surface area contributed by atoms with Gasteiger partial charge in [0.2, 0.25) is 12.3 Å². The normalized spacial score (nSPS) is 15.0. The zero-order valence-corrected chi connectivity index (χ0v) is 12.7.